The Morgan fingerprint density at radius 1 is 1.38 bits per heavy atom. The molecule has 0 radical (unpaired) electrons. The third-order valence-electron chi connectivity index (χ3n) is 3.76. The Kier molecular flexibility index (Phi) is 3.47. The molecule has 0 fully saturated rings. The maximum Gasteiger partial charge on any atom is 0.331 e. The fourth-order valence-corrected chi connectivity index (χ4v) is 3.39. The van der Waals surface area contributed by atoms with E-state index in [0.717, 1.165) is 5.56 Å². The number of benzene rings is 1. The summed E-state index contributed by atoms with van der Waals surface area (Å²) in [5.74, 6) is -1.26. The minimum atomic E-state index is -1.00. The number of carbonyl (C=O) groups is 2. The highest BCUT2D eigenvalue weighted by molar-refractivity contribution is 7.03. The molecule has 3 rings (SSSR count). The minimum absolute atomic E-state index is 0.261. The smallest absolute Gasteiger partial charge is 0.331 e. The van der Waals surface area contributed by atoms with Crippen LogP contribution in [0.2, 0.25) is 0 Å². The number of carbonyl (C=O) groups excluding carboxylic acids is 1. The van der Waals surface area contributed by atoms with Crippen molar-refractivity contribution in [2.24, 2.45) is 0 Å². The molecule has 21 heavy (non-hydrogen) atoms. The maximum absolute atomic E-state index is 12.6. The first-order valence-corrected chi connectivity index (χ1v) is 7.46. The van der Waals surface area contributed by atoms with Gasteiger partial charge in [-0.1, -0.05) is 24.3 Å². The van der Waals surface area contributed by atoms with Crippen molar-refractivity contribution in [1.29, 1.82) is 0 Å². The van der Waals surface area contributed by atoms with Gasteiger partial charge in [0.1, 0.15) is 0 Å². The number of aliphatic carboxylic acids is 1. The number of rotatable bonds is 2. The van der Waals surface area contributed by atoms with Crippen LogP contribution in [-0.2, 0) is 11.2 Å². The number of aromatic nitrogens is 1. The van der Waals surface area contributed by atoms with Gasteiger partial charge < -0.3 is 10.0 Å². The number of hydrogen-bond acceptors (Lipinski definition) is 4. The van der Waals surface area contributed by atoms with Crippen molar-refractivity contribution in [3.05, 3.63) is 52.0 Å². The van der Waals surface area contributed by atoms with Crippen LogP contribution >= 0.6 is 11.5 Å². The predicted octanol–water partition coefficient (Wildman–Crippen LogP) is 2.28. The van der Waals surface area contributed by atoms with Gasteiger partial charge in [0.25, 0.3) is 5.91 Å². The van der Waals surface area contributed by atoms with Gasteiger partial charge in [0.15, 0.2) is 6.04 Å². The molecule has 1 atom stereocenters. The molecule has 2 heterocycles. The highest BCUT2D eigenvalue weighted by atomic mass is 32.1. The molecule has 1 aromatic carbocycles. The first-order chi connectivity index (χ1) is 10.1. The van der Waals surface area contributed by atoms with Gasteiger partial charge in [-0.25, -0.2) is 4.79 Å². The number of aryl methyl sites for hydroxylation is 1. The quantitative estimate of drug-likeness (QED) is 0.924. The lowest BCUT2D eigenvalue weighted by Crippen LogP contribution is -2.43. The molecule has 0 saturated carbocycles. The molecule has 1 amide bonds. The Bertz CT molecular complexity index is 710. The lowest BCUT2D eigenvalue weighted by molar-refractivity contribution is -0.143. The minimum Gasteiger partial charge on any atom is -0.479 e. The number of hydrogen-bond donors (Lipinski definition) is 1. The summed E-state index contributed by atoms with van der Waals surface area (Å²) in [5.41, 5.74) is 2.83. The molecule has 0 bridgehead atoms. The van der Waals surface area contributed by atoms with Crippen molar-refractivity contribution in [3.8, 4) is 0 Å². The van der Waals surface area contributed by atoms with Crippen molar-refractivity contribution in [1.82, 2.24) is 9.27 Å². The lowest BCUT2D eigenvalue weighted by atomic mass is 9.92. The van der Waals surface area contributed by atoms with Crippen molar-refractivity contribution in [2.75, 3.05) is 6.54 Å². The Morgan fingerprint density at radius 3 is 2.81 bits per heavy atom. The summed E-state index contributed by atoms with van der Waals surface area (Å²) < 4.78 is 4.09. The summed E-state index contributed by atoms with van der Waals surface area (Å²) in [5, 5.41) is 11.2. The molecule has 1 unspecified atom stereocenters. The topological polar surface area (TPSA) is 70.5 Å². The zero-order chi connectivity index (χ0) is 15.0. The van der Waals surface area contributed by atoms with Crippen LogP contribution in [0.5, 0.6) is 0 Å². The second-order valence-corrected chi connectivity index (χ2v) is 5.63. The Balaban J connectivity index is 2.02. The van der Waals surface area contributed by atoms with Gasteiger partial charge in [0, 0.05) is 11.9 Å². The van der Waals surface area contributed by atoms with Gasteiger partial charge in [-0.05, 0) is 36.0 Å². The monoisotopic (exact) mass is 302 g/mol. The Hall–Kier alpha value is -2.21. The number of carboxylic acid groups (broad SMARTS) is 1. The van der Waals surface area contributed by atoms with Crippen LogP contribution in [-0.4, -0.2) is 32.8 Å². The van der Waals surface area contributed by atoms with Crippen LogP contribution in [0.1, 0.15) is 33.2 Å². The molecule has 108 valence electrons. The highest BCUT2D eigenvalue weighted by Crippen LogP contribution is 2.31. The summed E-state index contributed by atoms with van der Waals surface area (Å²) in [7, 11) is 0. The van der Waals surface area contributed by atoms with Crippen LogP contribution in [0.25, 0.3) is 0 Å². The number of fused-ring (bicyclic) bond motifs is 1. The normalized spacial score (nSPS) is 17.4. The van der Waals surface area contributed by atoms with Crippen LogP contribution in [0.4, 0.5) is 0 Å². The molecule has 6 heteroatoms. The summed E-state index contributed by atoms with van der Waals surface area (Å²) in [6, 6.07) is 6.47. The molecule has 1 aliphatic rings. The van der Waals surface area contributed by atoms with Gasteiger partial charge in [-0.2, -0.15) is 4.37 Å². The molecule has 0 aliphatic carbocycles. The molecule has 0 spiro atoms. The van der Waals surface area contributed by atoms with Crippen molar-refractivity contribution >= 4 is 23.4 Å². The summed E-state index contributed by atoms with van der Waals surface area (Å²) in [4.78, 5) is 25.7. The Labute approximate surface area is 126 Å². The van der Waals surface area contributed by atoms with Gasteiger partial charge >= 0.3 is 5.97 Å². The fraction of sp³-hybridized carbons (Fsp3) is 0.267. The Morgan fingerprint density at radius 2 is 2.14 bits per heavy atom. The van der Waals surface area contributed by atoms with Gasteiger partial charge in [-0.3, -0.25) is 4.79 Å². The van der Waals surface area contributed by atoms with E-state index in [-0.39, 0.29) is 5.91 Å². The zero-order valence-corrected chi connectivity index (χ0v) is 12.3. The first kappa shape index (κ1) is 13.8. The average Bonchev–Trinajstić information content (AvgIpc) is 2.91. The first-order valence-electron chi connectivity index (χ1n) is 6.62. The molecule has 5 nitrogen and oxygen atoms in total. The van der Waals surface area contributed by atoms with Crippen molar-refractivity contribution in [3.63, 3.8) is 0 Å². The molecule has 0 saturated heterocycles. The van der Waals surface area contributed by atoms with E-state index in [4.69, 9.17) is 0 Å². The van der Waals surface area contributed by atoms with Crippen molar-refractivity contribution in [2.45, 2.75) is 19.4 Å². The van der Waals surface area contributed by atoms with Gasteiger partial charge in [0.05, 0.1) is 11.3 Å². The third-order valence-corrected chi connectivity index (χ3v) is 4.48. The maximum atomic E-state index is 12.6. The molecule has 1 N–H and O–H groups in total. The largest absolute Gasteiger partial charge is 0.479 e. The molecular weight excluding hydrogens is 288 g/mol. The number of amides is 1. The molecular formula is C15H14N2O3S. The fourth-order valence-electron chi connectivity index (χ4n) is 2.70. The van der Waals surface area contributed by atoms with E-state index in [0.29, 0.717) is 29.8 Å². The van der Waals surface area contributed by atoms with E-state index >= 15 is 0 Å². The van der Waals surface area contributed by atoms with Crippen LogP contribution in [0.3, 0.4) is 0 Å². The summed E-state index contributed by atoms with van der Waals surface area (Å²) in [6.45, 7) is 2.17. The summed E-state index contributed by atoms with van der Waals surface area (Å²) >= 11 is 1.21. The lowest BCUT2D eigenvalue weighted by Gasteiger charge is -2.34. The highest BCUT2D eigenvalue weighted by Gasteiger charge is 2.36. The SMILES string of the molecule is Cc1nscc1C(=O)N1CCc2ccccc2C1C(=O)O. The van der Waals surface area contributed by atoms with Crippen LogP contribution < -0.4 is 0 Å². The summed E-state index contributed by atoms with van der Waals surface area (Å²) in [6.07, 6.45) is 0.669. The molecule has 2 aromatic rings. The average molecular weight is 302 g/mol. The zero-order valence-electron chi connectivity index (χ0n) is 11.4. The van der Waals surface area contributed by atoms with E-state index in [2.05, 4.69) is 4.37 Å². The third kappa shape index (κ3) is 2.31. The van der Waals surface area contributed by atoms with Crippen molar-refractivity contribution < 1.29 is 14.7 Å². The number of carboxylic acids is 1. The second-order valence-electron chi connectivity index (χ2n) is 5.00. The number of nitrogens with zero attached hydrogens (tertiary/aromatic N) is 2. The predicted molar refractivity (Wildman–Crippen MR) is 78.4 cm³/mol. The van der Waals surface area contributed by atoms with E-state index in [1.807, 2.05) is 12.1 Å². The van der Waals surface area contributed by atoms with Gasteiger partial charge in [-0.15, -0.1) is 0 Å². The molecule has 1 aromatic heterocycles. The standard InChI is InChI=1S/C15H14N2O3S/c1-9-12(8-21-16-9)14(18)17-7-6-10-4-2-3-5-11(10)13(17)15(19)20/h2-5,8,13H,6-7H2,1H3,(H,19,20). The second kappa shape index (κ2) is 5.29. The van der Waals surface area contributed by atoms with Crippen LogP contribution in [0, 0.1) is 6.92 Å². The van der Waals surface area contributed by atoms with Gasteiger partial charge in [0.2, 0.25) is 0 Å². The van der Waals surface area contributed by atoms with E-state index in [1.54, 1.807) is 24.4 Å². The van der Waals surface area contributed by atoms with E-state index in [9.17, 15) is 14.7 Å². The van der Waals surface area contributed by atoms with E-state index < -0.39 is 12.0 Å². The molecule has 1 aliphatic heterocycles. The van der Waals surface area contributed by atoms with Crippen LogP contribution in [0.15, 0.2) is 29.6 Å². The van der Waals surface area contributed by atoms with E-state index in [1.165, 1.54) is 16.4 Å².